The first-order valence-electron chi connectivity index (χ1n) is 6.63. The van der Waals surface area contributed by atoms with E-state index in [1.165, 1.54) is 11.1 Å². The van der Waals surface area contributed by atoms with Crippen molar-refractivity contribution in [2.45, 2.75) is 51.6 Å². The zero-order valence-corrected chi connectivity index (χ0v) is 10.7. The van der Waals surface area contributed by atoms with E-state index in [9.17, 15) is 4.79 Å². The maximum Gasteiger partial charge on any atom is 0.310 e. The minimum Gasteiger partial charge on any atom is -0.454 e. The summed E-state index contributed by atoms with van der Waals surface area (Å²) in [5, 5.41) is 0. The van der Waals surface area contributed by atoms with Crippen LogP contribution in [-0.2, 0) is 9.53 Å². The molecule has 2 nitrogen and oxygen atoms in total. The molecule has 0 aromatic rings. The van der Waals surface area contributed by atoms with E-state index >= 15 is 0 Å². The highest BCUT2D eigenvalue weighted by Gasteiger charge is 2.59. The summed E-state index contributed by atoms with van der Waals surface area (Å²) in [4.78, 5) is 12.1. The van der Waals surface area contributed by atoms with Crippen molar-refractivity contribution < 1.29 is 9.53 Å². The van der Waals surface area contributed by atoms with Crippen LogP contribution in [0.5, 0.6) is 0 Å². The van der Waals surface area contributed by atoms with Gasteiger partial charge in [-0.1, -0.05) is 17.7 Å². The third kappa shape index (κ3) is 1.30. The standard InChI is InChI=1S/C15H20O2/c1-9(2)15-8-4-5-11-10(3)6-7-12(13(11)15)14(16)17-15/h12-13H,1,4-8H2,2-3H3/t12-,13-,15+/m0/s1. The SMILES string of the molecule is C=C(C)[C@@]12CCCC3=C(C)CC[C@H](C(=O)O1)[C@H]32. The molecule has 0 radical (unpaired) electrons. The molecule has 92 valence electrons. The summed E-state index contributed by atoms with van der Waals surface area (Å²) in [6.07, 6.45) is 5.27. The van der Waals surface area contributed by atoms with Crippen molar-refractivity contribution >= 4 is 5.97 Å². The summed E-state index contributed by atoms with van der Waals surface area (Å²) < 4.78 is 5.80. The number of carbonyl (C=O) groups is 1. The van der Waals surface area contributed by atoms with Gasteiger partial charge in [-0.25, -0.2) is 0 Å². The minimum atomic E-state index is -0.364. The first-order chi connectivity index (χ1) is 8.06. The molecule has 0 spiro atoms. The predicted molar refractivity (Wildman–Crippen MR) is 66.4 cm³/mol. The smallest absolute Gasteiger partial charge is 0.310 e. The van der Waals surface area contributed by atoms with Crippen LogP contribution in [0.4, 0.5) is 0 Å². The summed E-state index contributed by atoms with van der Waals surface area (Å²) in [6, 6.07) is 0. The van der Waals surface area contributed by atoms with Gasteiger partial charge in [-0.05, 0) is 51.5 Å². The van der Waals surface area contributed by atoms with Gasteiger partial charge >= 0.3 is 5.97 Å². The van der Waals surface area contributed by atoms with Crippen molar-refractivity contribution in [3.63, 3.8) is 0 Å². The van der Waals surface area contributed by atoms with Gasteiger partial charge in [0.2, 0.25) is 0 Å². The Hall–Kier alpha value is -1.05. The molecule has 17 heavy (non-hydrogen) atoms. The summed E-state index contributed by atoms with van der Waals surface area (Å²) >= 11 is 0. The van der Waals surface area contributed by atoms with Gasteiger partial charge in [0.15, 0.2) is 0 Å². The van der Waals surface area contributed by atoms with Gasteiger partial charge in [0.05, 0.1) is 5.92 Å². The Labute approximate surface area is 103 Å². The van der Waals surface area contributed by atoms with Crippen LogP contribution in [-0.4, -0.2) is 11.6 Å². The van der Waals surface area contributed by atoms with Crippen LogP contribution in [0.25, 0.3) is 0 Å². The Morgan fingerprint density at radius 1 is 1.47 bits per heavy atom. The van der Waals surface area contributed by atoms with Crippen molar-refractivity contribution in [1.82, 2.24) is 0 Å². The normalized spacial score (nSPS) is 40.0. The highest BCUT2D eigenvalue weighted by molar-refractivity contribution is 5.78. The van der Waals surface area contributed by atoms with Crippen LogP contribution in [0.15, 0.2) is 23.3 Å². The van der Waals surface area contributed by atoms with E-state index in [-0.39, 0.29) is 17.5 Å². The fraction of sp³-hybridized carbons (Fsp3) is 0.667. The number of allylic oxidation sites excluding steroid dienone is 1. The fourth-order valence-corrected chi connectivity index (χ4v) is 4.07. The fourth-order valence-electron chi connectivity index (χ4n) is 4.07. The van der Waals surface area contributed by atoms with Gasteiger partial charge in [0.1, 0.15) is 5.60 Å². The second-order valence-electron chi connectivity index (χ2n) is 5.87. The first kappa shape index (κ1) is 11.1. The minimum absolute atomic E-state index is 0.0184. The lowest BCUT2D eigenvalue weighted by Gasteiger charge is -2.43. The molecule has 0 aromatic carbocycles. The molecule has 2 aliphatic carbocycles. The number of esters is 1. The van der Waals surface area contributed by atoms with Gasteiger partial charge in [0, 0.05) is 5.92 Å². The van der Waals surface area contributed by atoms with E-state index in [2.05, 4.69) is 13.5 Å². The topological polar surface area (TPSA) is 26.3 Å². The van der Waals surface area contributed by atoms with Gasteiger partial charge in [-0.15, -0.1) is 0 Å². The van der Waals surface area contributed by atoms with E-state index in [0.717, 1.165) is 37.7 Å². The number of hydrogen-bond acceptors (Lipinski definition) is 2. The second-order valence-corrected chi connectivity index (χ2v) is 5.87. The summed E-state index contributed by atoms with van der Waals surface area (Å²) in [7, 11) is 0. The first-order valence-corrected chi connectivity index (χ1v) is 6.63. The van der Waals surface area contributed by atoms with Gasteiger partial charge in [-0.2, -0.15) is 0 Å². The van der Waals surface area contributed by atoms with E-state index in [4.69, 9.17) is 4.74 Å². The van der Waals surface area contributed by atoms with Crippen LogP contribution >= 0.6 is 0 Å². The van der Waals surface area contributed by atoms with Gasteiger partial charge < -0.3 is 4.74 Å². The largest absolute Gasteiger partial charge is 0.454 e. The molecule has 3 atom stereocenters. The van der Waals surface area contributed by atoms with Crippen LogP contribution in [0, 0.1) is 11.8 Å². The van der Waals surface area contributed by atoms with Crippen LogP contribution in [0.3, 0.4) is 0 Å². The molecule has 1 saturated heterocycles. The van der Waals surface area contributed by atoms with Crippen molar-refractivity contribution in [1.29, 1.82) is 0 Å². The monoisotopic (exact) mass is 232 g/mol. The molecule has 3 aliphatic rings. The zero-order valence-electron chi connectivity index (χ0n) is 10.7. The number of ether oxygens (including phenoxy) is 1. The molecule has 0 N–H and O–H groups in total. The summed E-state index contributed by atoms with van der Waals surface area (Å²) in [5.74, 6) is 0.422. The average molecular weight is 232 g/mol. The van der Waals surface area contributed by atoms with Crippen molar-refractivity contribution in [3.05, 3.63) is 23.3 Å². The quantitative estimate of drug-likeness (QED) is 0.511. The molecule has 0 unspecified atom stereocenters. The van der Waals surface area contributed by atoms with Crippen LogP contribution < -0.4 is 0 Å². The highest BCUT2D eigenvalue weighted by atomic mass is 16.6. The maximum atomic E-state index is 12.1. The Bertz CT molecular complexity index is 432. The molecule has 1 heterocycles. The van der Waals surface area contributed by atoms with Crippen molar-refractivity contribution in [2.24, 2.45) is 11.8 Å². The average Bonchev–Trinajstić information content (AvgIpc) is 2.59. The summed E-state index contributed by atoms with van der Waals surface area (Å²) in [6.45, 7) is 8.34. The second kappa shape index (κ2) is 3.47. The molecule has 3 rings (SSSR count). The Balaban J connectivity index is 2.15. The number of carbonyl (C=O) groups excluding carboxylic acids is 1. The van der Waals surface area contributed by atoms with Crippen LogP contribution in [0.2, 0.25) is 0 Å². The lowest BCUT2D eigenvalue weighted by Crippen LogP contribution is -2.43. The van der Waals surface area contributed by atoms with Gasteiger partial charge in [-0.3, -0.25) is 4.79 Å². The molecular formula is C15H20O2. The van der Waals surface area contributed by atoms with Crippen molar-refractivity contribution in [3.8, 4) is 0 Å². The maximum absolute atomic E-state index is 12.1. The Kier molecular flexibility index (Phi) is 2.26. The highest BCUT2D eigenvalue weighted by Crippen LogP contribution is 2.56. The van der Waals surface area contributed by atoms with Gasteiger partial charge in [0.25, 0.3) is 0 Å². The molecule has 2 heteroatoms. The molecule has 2 fully saturated rings. The van der Waals surface area contributed by atoms with E-state index in [1.54, 1.807) is 0 Å². The lowest BCUT2D eigenvalue weighted by atomic mass is 9.61. The Morgan fingerprint density at radius 3 is 2.94 bits per heavy atom. The van der Waals surface area contributed by atoms with Crippen LogP contribution in [0.1, 0.15) is 46.0 Å². The zero-order chi connectivity index (χ0) is 12.2. The van der Waals surface area contributed by atoms with E-state index in [0.29, 0.717) is 5.92 Å². The summed E-state index contributed by atoms with van der Waals surface area (Å²) in [5.41, 5.74) is 3.67. The Morgan fingerprint density at radius 2 is 2.24 bits per heavy atom. The molecule has 0 aromatic heterocycles. The number of hydrogen-bond donors (Lipinski definition) is 0. The molecule has 0 bridgehead atoms. The van der Waals surface area contributed by atoms with Crippen molar-refractivity contribution in [2.75, 3.05) is 0 Å². The number of rotatable bonds is 1. The molecule has 1 aliphatic heterocycles. The lowest BCUT2D eigenvalue weighted by molar-refractivity contribution is -0.149. The third-order valence-corrected chi connectivity index (χ3v) is 4.96. The molecule has 0 amide bonds. The van der Waals surface area contributed by atoms with E-state index < -0.39 is 0 Å². The predicted octanol–water partition coefficient (Wildman–Crippen LogP) is 3.38. The molecule has 1 saturated carbocycles. The third-order valence-electron chi connectivity index (χ3n) is 4.96. The molecular weight excluding hydrogens is 212 g/mol. The van der Waals surface area contributed by atoms with E-state index in [1.807, 2.05) is 6.92 Å².